The second-order valence-corrected chi connectivity index (χ2v) is 11.5. The molecule has 0 bridgehead atoms. The summed E-state index contributed by atoms with van der Waals surface area (Å²) in [7, 11) is 0. The lowest BCUT2D eigenvalue weighted by Crippen LogP contribution is -2.64. The van der Waals surface area contributed by atoms with Gasteiger partial charge in [-0.15, -0.1) is 0 Å². The van der Waals surface area contributed by atoms with Gasteiger partial charge in [-0.25, -0.2) is 5.43 Å². The van der Waals surface area contributed by atoms with Crippen LogP contribution in [-0.2, 0) is 14.4 Å². The number of hydrogen-bond donors (Lipinski definition) is 6. The van der Waals surface area contributed by atoms with Gasteiger partial charge in [0.25, 0.3) is 0 Å². The number of hydrazine groups is 1. The second-order valence-electron chi connectivity index (χ2n) is 11.5. The van der Waals surface area contributed by atoms with Gasteiger partial charge >= 0.3 is 12.4 Å². The minimum Gasteiger partial charge on any atom is -0.356 e. The fourth-order valence-electron chi connectivity index (χ4n) is 6.49. The summed E-state index contributed by atoms with van der Waals surface area (Å²) in [5.41, 5.74) is 8.36. The number of carbonyl (C=O) groups excluding carboxylic acids is 2. The minimum atomic E-state index is -4.70. The van der Waals surface area contributed by atoms with Gasteiger partial charge in [0.15, 0.2) is 0 Å². The molecule has 0 spiro atoms. The third-order valence-corrected chi connectivity index (χ3v) is 8.70. The first-order valence-electron chi connectivity index (χ1n) is 14.3. The average Bonchev–Trinajstić information content (AvgIpc) is 3.39. The van der Waals surface area contributed by atoms with Crippen molar-refractivity contribution in [3.63, 3.8) is 0 Å². The zero-order valence-corrected chi connectivity index (χ0v) is 22.3. The number of amides is 2. The number of carbonyl (C=O) groups is 2. The summed E-state index contributed by atoms with van der Waals surface area (Å²) in [6, 6.07) is 0. The van der Waals surface area contributed by atoms with E-state index in [1.807, 2.05) is 0 Å². The molecule has 2 saturated heterocycles. The third-order valence-electron chi connectivity index (χ3n) is 8.70. The summed E-state index contributed by atoms with van der Waals surface area (Å²) in [6.07, 6.45) is -6.69. The Hall–Kier alpha value is -1.68. The summed E-state index contributed by atoms with van der Waals surface area (Å²) in [4.78, 5) is 29.6. The SMILES string of the molecule is O=C(CCC1NC(C2CC(C(F)(F)F)CC(C(F)(F)F)C2)NO1)NCCCCNC1NNC(=O)C2CCCCC12. The summed E-state index contributed by atoms with van der Waals surface area (Å²) >= 11 is 0. The Morgan fingerprint density at radius 3 is 2.33 bits per heavy atom. The van der Waals surface area contributed by atoms with Gasteiger partial charge in [-0.2, -0.15) is 31.8 Å². The zero-order valence-electron chi connectivity index (χ0n) is 22.3. The number of rotatable bonds is 10. The predicted octanol–water partition coefficient (Wildman–Crippen LogP) is 2.95. The van der Waals surface area contributed by atoms with Crippen molar-refractivity contribution in [1.29, 1.82) is 0 Å². The Morgan fingerprint density at radius 1 is 0.950 bits per heavy atom. The van der Waals surface area contributed by atoms with Crippen LogP contribution in [0.2, 0.25) is 0 Å². The molecule has 2 aliphatic carbocycles. The van der Waals surface area contributed by atoms with Crippen LogP contribution < -0.4 is 32.3 Å². The fraction of sp³-hybridized carbons (Fsp3) is 0.920. The van der Waals surface area contributed by atoms with Crippen molar-refractivity contribution in [3.05, 3.63) is 0 Å². The lowest BCUT2D eigenvalue weighted by atomic mass is 9.73. The van der Waals surface area contributed by atoms with Gasteiger partial charge in [-0.05, 0) is 63.8 Å². The predicted molar refractivity (Wildman–Crippen MR) is 131 cm³/mol. The first kappa shape index (κ1) is 31.3. The molecule has 15 heteroatoms. The number of halogens is 6. The van der Waals surface area contributed by atoms with Gasteiger partial charge < -0.3 is 10.6 Å². The molecular weight excluding hydrogens is 546 g/mol. The largest absolute Gasteiger partial charge is 0.391 e. The molecule has 7 atom stereocenters. The molecule has 9 nitrogen and oxygen atoms in total. The molecular formula is C25H40F6N6O3. The van der Waals surface area contributed by atoms with Crippen LogP contribution in [0.1, 0.15) is 70.6 Å². The van der Waals surface area contributed by atoms with Crippen LogP contribution in [0, 0.1) is 29.6 Å². The Labute approximate surface area is 229 Å². The van der Waals surface area contributed by atoms with Crippen LogP contribution in [0.15, 0.2) is 0 Å². The van der Waals surface area contributed by atoms with Crippen LogP contribution in [0.25, 0.3) is 0 Å². The molecule has 2 saturated carbocycles. The fourth-order valence-corrected chi connectivity index (χ4v) is 6.49. The standard InChI is InChI=1S/C25H40F6N6O3/c26-24(27,28)15-11-14(12-16(13-15)25(29,30)31)21-34-20(40-37-21)8-7-19(38)32-9-3-4-10-33-22-17-5-1-2-6-18(17)23(39)36-35-22/h14-18,20-22,33-35,37H,1-13H2,(H,32,38)(H,36,39). The van der Waals surface area contributed by atoms with E-state index < -0.39 is 61.8 Å². The average molecular weight is 587 g/mol. The van der Waals surface area contributed by atoms with Crippen molar-refractivity contribution in [2.75, 3.05) is 13.1 Å². The van der Waals surface area contributed by atoms with Crippen LogP contribution in [0.3, 0.4) is 0 Å². The summed E-state index contributed by atoms with van der Waals surface area (Å²) in [5, 5.41) is 9.18. The summed E-state index contributed by atoms with van der Waals surface area (Å²) in [6.45, 7) is 1.20. The van der Waals surface area contributed by atoms with E-state index in [2.05, 4.69) is 32.3 Å². The normalized spacial score (nSPS) is 35.2. The topological polar surface area (TPSA) is 116 Å². The molecule has 2 amide bonds. The number of nitrogens with one attached hydrogen (secondary N) is 6. The van der Waals surface area contributed by atoms with Gasteiger partial charge in [0.1, 0.15) is 6.23 Å². The number of fused-ring (bicyclic) bond motifs is 1. The highest BCUT2D eigenvalue weighted by Gasteiger charge is 2.53. The highest BCUT2D eigenvalue weighted by atomic mass is 19.4. The van der Waals surface area contributed by atoms with Crippen molar-refractivity contribution < 1.29 is 40.8 Å². The van der Waals surface area contributed by atoms with E-state index >= 15 is 0 Å². The Kier molecular flexibility index (Phi) is 10.6. The summed E-state index contributed by atoms with van der Waals surface area (Å²) < 4.78 is 79.6. The van der Waals surface area contributed by atoms with Crippen molar-refractivity contribution in [2.45, 2.75) is 102 Å². The molecule has 0 aromatic heterocycles. The molecule has 4 fully saturated rings. The molecule has 2 heterocycles. The van der Waals surface area contributed by atoms with E-state index in [-0.39, 0.29) is 42.7 Å². The molecule has 4 rings (SSSR count). The van der Waals surface area contributed by atoms with Crippen LogP contribution >= 0.6 is 0 Å². The third kappa shape index (κ3) is 8.43. The number of hydroxylamine groups is 1. The van der Waals surface area contributed by atoms with Gasteiger partial charge in [0.2, 0.25) is 11.8 Å². The van der Waals surface area contributed by atoms with Gasteiger partial charge in [-0.1, -0.05) is 12.8 Å². The molecule has 6 N–H and O–H groups in total. The second kappa shape index (κ2) is 13.5. The number of unbranched alkanes of at least 4 members (excludes halogenated alkanes) is 1. The first-order valence-corrected chi connectivity index (χ1v) is 14.3. The maximum Gasteiger partial charge on any atom is 0.391 e. The Morgan fingerprint density at radius 2 is 1.62 bits per heavy atom. The molecule has 0 radical (unpaired) electrons. The zero-order chi connectivity index (χ0) is 28.9. The van der Waals surface area contributed by atoms with Gasteiger partial charge in [0.05, 0.1) is 24.2 Å². The van der Waals surface area contributed by atoms with Crippen molar-refractivity contribution in [3.8, 4) is 0 Å². The lowest BCUT2D eigenvalue weighted by molar-refractivity contribution is -0.230. The molecule has 2 aliphatic heterocycles. The van der Waals surface area contributed by atoms with E-state index in [4.69, 9.17) is 4.84 Å². The van der Waals surface area contributed by atoms with E-state index in [1.165, 1.54) is 0 Å². The molecule has 4 aliphatic rings. The Balaban J connectivity index is 1.09. The maximum absolute atomic E-state index is 13.3. The monoisotopic (exact) mass is 586 g/mol. The van der Waals surface area contributed by atoms with Gasteiger partial charge in [-0.3, -0.25) is 25.2 Å². The highest BCUT2D eigenvalue weighted by molar-refractivity contribution is 5.79. The highest BCUT2D eigenvalue weighted by Crippen LogP contribution is 2.48. The lowest BCUT2D eigenvalue weighted by Gasteiger charge is -2.41. The van der Waals surface area contributed by atoms with E-state index in [0.29, 0.717) is 6.54 Å². The van der Waals surface area contributed by atoms with Crippen LogP contribution in [0.5, 0.6) is 0 Å². The molecule has 40 heavy (non-hydrogen) atoms. The summed E-state index contributed by atoms with van der Waals surface area (Å²) in [5.74, 6) is -4.78. The molecule has 0 aromatic rings. The Bertz CT molecular complexity index is 840. The van der Waals surface area contributed by atoms with Gasteiger partial charge in [0, 0.05) is 24.8 Å². The smallest absolute Gasteiger partial charge is 0.356 e. The van der Waals surface area contributed by atoms with E-state index in [9.17, 15) is 35.9 Å². The van der Waals surface area contributed by atoms with E-state index in [1.54, 1.807) is 0 Å². The van der Waals surface area contributed by atoms with E-state index in [0.717, 1.165) is 45.1 Å². The van der Waals surface area contributed by atoms with Crippen LogP contribution in [-0.4, -0.2) is 55.8 Å². The minimum absolute atomic E-state index is 0.0289. The molecule has 0 aromatic carbocycles. The van der Waals surface area contributed by atoms with Crippen molar-refractivity contribution in [2.24, 2.45) is 29.6 Å². The quantitative estimate of drug-likeness (QED) is 0.172. The first-order chi connectivity index (χ1) is 18.9. The molecule has 7 unspecified atom stereocenters. The number of hydrogen-bond acceptors (Lipinski definition) is 7. The maximum atomic E-state index is 13.3. The van der Waals surface area contributed by atoms with Crippen LogP contribution in [0.4, 0.5) is 26.3 Å². The number of alkyl halides is 6. The van der Waals surface area contributed by atoms with Crippen molar-refractivity contribution >= 4 is 11.8 Å². The molecule has 230 valence electrons. The van der Waals surface area contributed by atoms with Crippen molar-refractivity contribution in [1.82, 2.24) is 32.3 Å².